The summed E-state index contributed by atoms with van der Waals surface area (Å²) in [5.74, 6) is -0.105. The summed E-state index contributed by atoms with van der Waals surface area (Å²) in [6.07, 6.45) is 2.43. The number of ether oxygens (including phenoxy) is 3. The summed E-state index contributed by atoms with van der Waals surface area (Å²) >= 11 is 6.23. The normalized spacial score (nSPS) is 10.7. The van der Waals surface area contributed by atoms with E-state index in [0.717, 1.165) is 6.08 Å². The monoisotopic (exact) mass is 380 g/mol. The molecule has 0 aromatic heterocycles. The van der Waals surface area contributed by atoms with Crippen molar-refractivity contribution in [2.45, 2.75) is 6.92 Å². The van der Waals surface area contributed by atoms with Crippen LogP contribution in [0.25, 0.3) is 6.08 Å². The molecule has 0 bridgehead atoms. The topological polar surface area (TPSA) is 65.0 Å². The number of hydrogen-bond donors (Lipinski definition) is 1. The minimum absolute atomic E-state index is 0.196. The fourth-order valence-electron chi connectivity index (χ4n) is 2.09. The second-order valence-electron chi connectivity index (χ2n) is 5.09. The SMILES string of the molecule is CCOc1cc(C=CC(=O)O)cc(Cl)c1OCCOc1ccc(F)cc1. The molecule has 0 amide bonds. The molecule has 5 nitrogen and oxygen atoms in total. The molecule has 26 heavy (non-hydrogen) atoms. The first kappa shape index (κ1) is 19.6. The lowest BCUT2D eigenvalue weighted by atomic mass is 10.2. The van der Waals surface area contributed by atoms with Crippen molar-refractivity contribution in [3.63, 3.8) is 0 Å². The van der Waals surface area contributed by atoms with E-state index in [4.69, 9.17) is 30.9 Å². The van der Waals surface area contributed by atoms with Gasteiger partial charge in [-0.25, -0.2) is 9.18 Å². The van der Waals surface area contributed by atoms with Gasteiger partial charge in [0.1, 0.15) is 24.8 Å². The molecule has 2 rings (SSSR count). The van der Waals surface area contributed by atoms with Crippen LogP contribution in [-0.2, 0) is 4.79 Å². The smallest absolute Gasteiger partial charge is 0.328 e. The summed E-state index contributed by atoms with van der Waals surface area (Å²) in [5, 5.41) is 9.01. The number of carbonyl (C=O) groups is 1. The van der Waals surface area contributed by atoms with Gasteiger partial charge < -0.3 is 19.3 Å². The maximum absolute atomic E-state index is 12.8. The van der Waals surface area contributed by atoms with Crippen molar-refractivity contribution in [3.8, 4) is 17.2 Å². The first-order chi connectivity index (χ1) is 12.5. The molecule has 138 valence electrons. The Morgan fingerprint density at radius 1 is 1.15 bits per heavy atom. The van der Waals surface area contributed by atoms with Crippen LogP contribution in [-0.4, -0.2) is 30.9 Å². The molecule has 7 heteroatoms. The molecule has 2 aromatic carbocycles. The molecule has 0 aliphatic carbocycles. The lowest BCUT2D eigenvalue weighted by molar-refractivity contribution is -0.131. The number of aliphatic carboxylic acids is 1. The van der Waals surface area contributed by atoms with Gasteiger partial charge in [0.05, 0.1) is 11.6 Å². The first-order valence-corrected chi connectivity index (χ1v) is 8.26. The minimum atomic E-state index is -1.06. The quantitative estimate of drug-likeness (QED) is 0.515. The summed E-state index contributed by atoms with van der Waals surface area (Å²) in [6, 6.07) is 8.90. The molecule has 2 aromatic rings. The number of carboxylic acid groups (broad SMARTS) is 1. The molecular weight excluding hydrogens is 363 g/mol. The van der Waals surface area contributed by atoms with Gasteiger partial charge in [-0.15, -0.1) is 0 Å². The highest BCUT2D eigenvalue weighted by Crippen LogP contribution is 2.37. The third kappa shape index (κ3) is 5.97. The van der Waals surface area contributed by atoms with Gasteiger partial charge in [0.2, 0.25) is 0 Å². The van der Waals surface area contributed by atoms with E-state index >= 15 is 0 Å². The molecule has 0 unspecified atom stereocenters. The van der Waals surface area contributed by atoms with Crippen LogP contribution >= 0.6 is 11.6 Å². The maximum atomic E-state index is 12.8. The second kappa shape index (κ2) is 9.68. The van der Waals surface area contributed by atoms with Crippen LogP contribution in [0.5, 0.6) is 17.2 Å². The minimum Gasteiger partial charge on any atom is -0.490 e. The van der Waals surface area contributed by atoms with Gasteiger partial charge in [-0.2, -0.15) is 0 Å². The molecule has 0 saturated carbocycles. The third-order valence-electron chi connectivity index (χ3n) is 3.16. The molecule has 0 heterocycles. The summed E-state index contributed by atoms with van der Waals surface area (Å²) in [4.78, 5) is 10.6. The highest BCUT2D eigenvalue weighted by molar-refractivity contribution is 6.32. The summed E-state index contributed by atoms with van der Waals surface area (Å²) < 4.78 is 29.5. The average Bonchev–Trinajstić information content (AvgIpc) is 2.60. The molecule has 0 atom stereocenters. The molecule has 0 radical (unpaired) electrons. The van der Waals surface area contributed by atoms with Crippen LogP contribution in [0.2, 0.25) is 5.02 Å². The zero-order valence-corrected chi connectivity index (χ0v) is 14.8. The number of halogens is 2. The van der Waals surface area contributed by atoms with Crippen molar-refractivity contribution in [2.24, 2.45) is 0 Å². The number of carboxylic acids is 1. The largest absolute Gasteiger partial charge is 0.490 e. The lowest BCUT2D eigenvalue weighted by Crippen LogP contribution is -2.10. The van der Waals surface area contributed by atoms with E-state index in [2.05, 4.69) is 0 Å². The Hall–Kier alpha value is -2.73. The molecule has 0 spiro atoms. The van der Waals surface area contributed by atoms with Gasteiger partial charge >= 0.3 is 5.97 Å². The predicted octanol–water partition coefficient (Wildman–Crippen LogP) is 4.43. The fourth-order valence-corrected chi connectivity index (χ4v) is 2.36. The maximum Gasteiger partial charge on any atom is 0.328 e. The Morgan fingerprint density at radius 2 is 1.85 bits per heavy atom. The van der Waals surface area contributed by atoms with E-state index in [0.29, 0.717) is 34.4 Å². The second-order valence-corrected chi connectivity index (χ2v) is 5.49. The van der Waals surface area contributed by atoms with Crippen molar-refractivity contribution in [1.29, 1.82) is 0 Å². The molecule has 0 aliphatic rings. The molecule has 0 saturated heterocycles. The molecular formula is C19H18ClFO5. The van der Waals surface area contributed by atoms with Crippen molar-refractivity contribution in [3.05, 3.63) is 58.9 Å². The van der Waals surface area contributed by atoms with E-state index in [9.17, 15) is 9.18 Å². The van der Waals surface area contributed by atoms with Crippen molar-refractivity contribution in [1.82, 2.24) is 0 Å². The molecule has 0 aliphatic heterocycles. The average molecular weight is 381 g/mol. The van der Waals surface area contributed by atoms with Gasteiger partial charge in [0.15, 0.2) is 11.5 Å². The number of hydrogen-bond acceptors (Lipinski definition) is 4. The zero-order valence-electron chi connectivity index (χ0n) is 14.1. The van der Waals surface area contributed by atoms with Crippen molar-refractivity contribution < 1.29 is 28.5 Å². The van der Waals surface area contributed by atoms with Gasteiger partial charge in [0, 0.05) is 6.08 Å². The summed E-state index contributed by atoms with van der Waals surface area (Å²) in [6.45, 7) is 2.63. The van der Waals surface area contributed by atoms with Crippen LogP contribution in [0.1, 0.15) is 12.5 Å². The van der Waals surface area contributed by atoms with Crippen LogP contribution in [0.4, 0.5) is 4.39 Å². The highest BCUT2D eigenvalue weighted by atomic mass is 35.5. The Morgan fingerprint density at radius 3 is 2.50 bits per heavy atom. The summed E-state index contributed by atoms with van der Waals surface area (Å²) in [5.41, 5.74) is 0.579. The van der Waals surface area contributed by atoms with E-state index in [-0.39, 0.29) is 19.0 Å². The van der Waals surface area contributed by atoms with Crippen LogP contribution < -0.4 is 14.2 Å². The van der Waals surface area contributed by atoms with Gasteiger partial charge in [-0.05, 0) is 55.0 Å². The zero-order chi connectivity index (χ0) is 18.9. The van der Waals surface area contributed by atoms with Crippen LogP contribution in [0, 0.1) is 5.82 Å². The predicted molar refractivity (Wildman–Crippen MR) is 96.7 cm³/mol. The number of benzene rings is 2. The van der Waals surface area contributed by atoms with E-state index < -0.39 is 5.97 Å². The molecule has 0 fully saturated rings. The van der Waals surface area contributed by atoms with Crippen molar-refractivity contribution in [2.75, 3.05) is 19.8 Å². The Balaban J connectivity index is 2.02. The van der Waals surface area contributed by atoms with Gasteiger partial charge in [-0.1, -0.05) is 11.6 Å². The Kier molecular flexibility index (Phi) is 7.29. The third-order valence-corrected chi connectivity index (χ3v) is 3.44. The molecule has 1 N–H and O–H groups in total. The number of rotatable bonds is 9. The first-order valence-electron chi connectivity index (χ1n) is 7.88. The van der Waals surface area contributed by atoms with Gasteiger partial charge in [-0.3, -0.25) is 0 Å². The van der Waals surface area contributed by atoms with Crippen LogP contribution in [0.3, 0.4) is 0 Å². The van der Waals surface area contributed by atoms with E-state index in [1.807, 2.05) is 6.92 Å². The summed E-state index contributed by atoms with van der Waals surface area (Å²) in [7, 11) is 0. The fraction of sp³-hybridized carbons (Fsp3) is 0.211. The van der Waals surface area contributed by atoms with E-state index in [1.54, 1.807) is 12.1 Å². The van der Waals surface area contributed by atoms with Crippen LogP contribution in [0.15, 0.2) is 42.5 Å². The van der Waals surface area contributed by atoms with Gasteiger partial charge in [0.25, 0.3) is 0 Å². The van der Waals surface area contributed by atoms with E-state index in [1.165, 1.54) is 30.3 Å². The Bertz CT molecular complexity index is 774. The highest BCUT2D eigenvalue weighted by Gasteiger charge is 2.12. The lowest BCUT2D eigenvalue weighted by Gasteiger charge is -2.15. The van der Waals surface area contributed by atoms with Crippen molar-refractivity contribution >= 4 is 23.6 Å². The standard InChI is InChI=1S/C19H18ClFO5/c1-2-24-17-12-13(3-8-18(22)23)11-16(20)19(17)26-10-9-25-15-6-4-14(21)5-7-15/h3-8,11-12H,2,9-10H2,1H3,(H,22,23). The Labute approximate surface area is 155 Å².